The van der Waals surface area contributed by atoms with Crippen LogP contribution in [0, 0.1) is 13.8 Å². The molecule has 3 heteroatoms. The number of hydrogen-bond donors (Lipinski definition) is 0. The molecular formula is C6H9NOS. The summed E-state index contributed by atoms with van der Waals surface area (Å²) in [5.41, 5.74) is 1.07. The van der Waals surface area contributed by atoms with Gasteiger partial charge in [-0.1, -0.05) is 11.3 Å². The average Bonchev–Trinajstić information content (AvgIpc) is 2.13. The molecule has 0 aromatic carbocycles. The van der Waals surface area contributed by atoms with Gasteiger partial charge in [-0.05, 0) is 13.8 Å². The van der Waals surface area contributed by atoms with Crippen molar-refractivity contribution in [3.05, 3.63) is 10.6 Å². The molecule has 1 aromatic rings. The Morgan fingerprint density at radius 3 is 2.33 bits per heavy atom. The first kappa shape index (κ1) is 6.55. The Morgan fingerprint density at radius 2 is 2.11 bits per heavy atom. The summed E-state index contributed by atoms with van der Waals surface area (Å²) in [6.07, 6.45) is 0. The summed E-state index contributed by atoms with van der Waals surface area (Å²) in [5, 5.41) is 0.755. The summed E-state index contributed by atoms with van der Waals surface area (Å²) in [4.78, 5) is 5.35. The molecular weight excluding hydrogens is 134 g/mol. The maximum atomic E-state index is 4.92. The van der Waals surface area contributed by atoms with Crippen LogP contribution in [-0.4, -0.2) is 12.1 Å². The quantitative estimate of drug-likeness (QED) is 0.597. The zero-order chi connectivity index (χ0) is 6.85. The van der Waals surface area contributed by atoms with Crippen LogP contribution in [0.15, 0.2) is 0 Å². The van der Waals surface area contributed by atoms with E-state index in [2.05, 4.69) is 4.98 Å². The highest BCUT2D eigenvalue weighted by Gasteiger charge is 2.00. The third-order valence-corrected chi connectivity index (χ3v) is 2.22. The van der Waals surface area contributed by atoms with Gasteiger partial charge in [-0.2, -0.15) is 0 Å². The highest BCUT2D eigenvalue weighted by Crippen LogP contribution is 2.22. The van der Waals surface area contributed by atoms with Crippen LogP contribution in [0.2, 0.25) is 0 Å². The second-order valence-corrected chi connectivity index (χ2v) is 2.99. The first-order valence-corrected chi connectivity index (χ1v) is 3.53. The van der Waals surface area contributed by atoms with Crippen LogP contribution in [-0.2, 0) is 0 Å². The maximum absolute atomic E-state index is 4.92. The van der Waals surface area contributed by atoms with Crippen LogP contribution in [0.4, 0.5) is 0 Å². The molecule has 2 nitrogen and oxygen atoms in total. The second-order valence-electron chi connectivity index (χ2n) is 1.83. The van der Waals surface area contributed by atoms with E-state index in [1.807, 2.05) is 13.8 Å². The molecule has 0 N–H and O–H groups in total. The Labute approximate surface area is 58.5 Å². The second kappa shape index (κ2) is 2.35. The van der Waals surface area contributed by atoms with Crippen molar-refractivity contribution in [3.8, 4) is 5.19 Å². The number of hydrogen-bond acceptors (Lipinski definition) is 3. The molecule has 0 amide bonds. The molecule has 0 aliphatic heterocycles. The molecule has 1 heterocycles. The Bertz CT molecular complexity index is 187. The van der Waals surface area contributed by atoms with Crippen molar-refractivity contribution in [2.24, 2.45) is 0 Å². The topological polar surface area (TPSA) is 22.1 Å². The predicted octanol–water partition coefficient (Wildman–Crippen LogP) is 1.77. The van der Waals surface area contributed by atoms with E-state index >= 15 is 0 Å². The summed E-state index contributed by atoms with van der Waals surface area (Å²) in [7, 11) is 1.64. The SMILES string of the molecule is COc1nc(C)c(C)s1. The van der Waals surface area contributed by atoms with Crippen molar-refractivity contribution in [2.75, 3.05) is 7.11 Å². The van der Waals surface area contributed by atoms with E-state index in [1.54, 1.807) is 18.4 Å². The van der Waals surface area contributed by atoms with E-state index in [1.165, 1.54) is 4.88 Å². The molecule has 0 fully saturated rings. The van der Waals surface area contributed by atoms with E-state index in [0.29, 0.717) is 0 Å². The molecule has 1 rings (SSSR count). The van der Waals surface area contributed by atoms with E-state index in [0.717, 1.165) is 10.9 Å². The highest BCUT2D eigenvalue weighted by molar-refractivity contribution is 7.13. The minimum Gasteiger partial charge on any atom is -0.473 e. The minimum atomic E-state index is 0.755. The summed E-state index contributed by atoms with van der Waals surface area (Å²) >= 11 is 1.58. The van der Waals surface area contributed by atoms with Gasteiger partial charge in [-0.25, -0.2) is 4.98 Å². The van der Waals surface area contributed by atoms with Crippen LogP contribution in [0.3, 0.4) is 0 Å². The molecule has 9 heavy (non-hydrogen) atoms. The fourth-order valence-corrected chi connectivity index (χ4v) is 1.25. The third kappa shape index (κ3) is 1.21. The third-order valence-electron chi connectivity index (χ3n) is 1.18. The number of ether oxygens (including phenoxy) is 1. The van der Waals surface area contributed by atoms with Crippen molar-refractivity contribution in [3.63, 3.8) is 0 Å². The molecule has 0 atom stereocenters. The zero-order valence-corrected chi connectivity index (χ0v) is 6.58. The molecule has 1 aromatic heterocycles. The lowest BCUT2D eigenvalue weighted by Gasteiger charge is -1.85. The summed E-state index contributed by atoms with van der Waals surface area (Å²) < 4.78 is 4.92. The lowest BCUT2D eigenvalue weighted by atomic mass is 10.4. The highest BCUT2D eigenvalue weighted by atomic mass is 32.1. The van der Waals surface area contributed by atoms with Crippen LogP contribution >= 0.6 is 11.3 Å². The minimum absolute atomic E-state index is 0.755. The molecule has 0 saturated heterocycles. The van der Waals surface area contributed by atoms with Gasteiger partial charge in [-0.15, -0.1) is 0 Å². The smallest absolute Gasteiger partial charge is 0.273 e. The van der Waals surface area contributed by atoms with Gasteiger partial charge in [0.05, 0.1) is 12.8 Å². The van der Waals surface area contributed by atoms with Crippen molar-refractivity contribution in [1.29, 1.82) is 0 Å². The zero-order valence-electron chi connectivity index (χ0n) is 5.76. The number of rotatable bonds is 1. The summed E-state index contributed by atoms with van der Waals surface area (Å²) in [5.74, 6) is 0. The van der Waals surface area contributed by atoms with Crippen molar-refractivity contribution in [1.82, 2.24) is 4.98 Å². The number of aryl methyl sites for hydroxylation is 2. The van der Waals surface area contributed by atoms with Gasteiger partial charge < -0.3 is 4.74 Å². The van der Waals surface area contributed by atoms with Gasteiger partial charge in [0.25, 0.3) is 5.19 Å². The molecule has 0 aliphatic rings. The van der Waals surface area contributed by atoms with Crippen LogP contribution in [0.1, 0.15) is 10.6 Å². The Kier molecular flexibility index (Phi) is 1.71. The number of nitrogens with zero attached hydrogens (tertiary/aromatic N) is 1. The van der Waals surface area contributed by atoms with E-state index in [9.17, 15) is 0 Å². The molecule has 0 unspecified atom stereocenters. The molecule has 0 aliphatic carbocycles. The van der Waals surface area contributed by atoms with Crippen molar-refractivity contribution >= 4 is 11.3 Å². The first-order chi connectivity index (χ1) is 4.24. The van der Waals surface area contributed by atoms with Crippen molar-refractivity contribution in [2.45, 2.75) is 13.8 Å². The summed E-state index contributed by atoms with van der Waals surface area (Å²) in [6, 6.07) is 0. The van der Waals surface area contributed by atoms with Gasteiger partial charge in [-0.3, -0.25) is 0 Å². The lowest BCUT2D eigenvalue weighted by Crippen LogP contribution is -1.79. The Morgan fingerprint density at radius 1 is 1.44 bits per heavy atom. The monoisotopic (exact) mass is 143 g/mol. The molecule has 0 radical (unpaired) electrons. The van der Waals surface area contributed by atoms with Crippen LogP contribution in [0.25, 0.3) is 0 Å². The van der Waals surface area contributed by atoms with Crippen LogP contribution < -0.4 is 4.74 Å². The Balaban J connectivity index is 2.98. The predicted molar refractivity (Wildman–Crippen MR) is 38.1 cm³/mol. The van der Waals surface area contributed by atoms with Crippen molar-refractivity contribution < 1.29 is 4.74 Å². The van der Waals surface area contributed by atoms with Gasteiger partial charge in [0.1, 0.15) is 0 Å². The maximum Gasteiger partial charge on any atom is 0.273 e. The largest absolute Gasteiger partial charge is 0.473 e. The van der Waals surface area contributed by atoms with E-state index in [-0.39, 0.29) is 0 Å². The van der Waals surface area contributed by atoms with Gasteiger partial charge in [0, 0.05) is 4.88 Å². The van der Waals surface area contributed by atoms with Gasteiger partial charge in [0.2, 0.25) is 0 Å². The average molecular weight is 143 g/mol. The number of aromatic nitrogens is 1. The number of methoxy groups -OCH3 is 1. The fraction of sp³-hybridized carbons (Fsp3) is 0.500. The van der Waals surface area contributed by atoms with Gasteiger partial charge >= 0.3 is 0 Å². The molecule has 0 spiro atoms. The molecule has 50 valence electrons. The van der Waals surface area contributed by atoms with E-state index in [4.69, 9.17) is 4.74 Å². The summed E-state index contributed by atoms with van der Waals surface area (Å²) in [6.45, 7) is 4.02. The number of thiazole rings is 1. The van der Waals surface area contributed by atoms with Gasteiger partial charge in [0.15, 0.2) is 0 Å². The molecule has 0 saturated carbocycles. The first-order valence-electron chi connectivity index (χ1n) is 2.72. The van der Waals surface area contributed by atoms with E-state index < -0.39 is 0 Å². The standard InChI is InChI=1S/C6H9NOS/c1-4-5(2)9-6(7-4)8-3/h1-3H3. The molecule has 0 bridgehead atoms. The lowest BCUT2D eigenvalue weighted by molar-refractivity contribution is 0.411. The fourth-order valence-electron chi connectivity index (χ4n) is 0.531. The Hall–Kier alpha value is -0.570. The van der Waals surface area contributed by atoms with Crippen LogP contribution in [0.5, 0.6) is 5.19 Å². The normalized spacial score (nSPS) is 9.67.